The summed E-state index contributed by atoms with van der Waals surface area (Å²) in [5, 5.41) is 7.77. The number of anilines is 1. The first-order valence-electron chi connectivity index (χ1n) is 6.37. The number of halogens is 1. The number of rotatable bonds is 5. The molecule has 0 aliphatic rings. The van der Waals surface area contributed by atoms with Gasteiger partial charge in [0.05, 0.1) is 4.47 Å². The van der Waals surface area contributed by atoms with Crippen LogP contribution in [-0.4, -0.2) is 20.6 Å². The van der Waals surface area contributed by atoms with E-state index in [9.17, 15) is 0 Å². The lowest BCUT2D eigenvalue weighted by atomic mass is 10.0. The maximum absolute atomic E-state index is 4.48. The lowest BCUT2D eigenvalue weighted by Crippen LogP contribution is -2.19. The van der Waals surface area contributed by atoms with Crippen LogP contribution in [0.1, 0.15) is 33.6 Å². The largest absolute Gasteiger partial charge is 0.350 e. The molecule has 0 saturated heterocycles. The van der Waals surface area contributed by atoms with Crippen LogP contribution >= 0.6 is 15.9 Å². The molecule has 98 valence electrons. The topological polar surface area (TPSA) is 42.2 Å². The number of nitrogens with one attached hydrogen (secondary N) is 1. The van der Waals surface area contributed by atoms with Gasteiger partial charge in [0.25, 0.3) is 0 Å². The predicted octanol–water partition coefficient (Wildman–Crippen LogP) is 3.73. The molecule has 0 saturated carbocycles. The van der Waals surface area contributed by atoms with Crippen molar-refractivity contribution in [2.45, 2.75) is 39.7 Å². The average molecular weight is 311 g/mol. The fourth-order valence-corrected chi connectivity index (χ4v) is 2.41. The van der Waals surface area contributed by atoms with E-state index in [4.69, 9.17) is 0 Å². The third kappa shape index (κ3) is 3.02. The number of fused-ring (bicyclic) bond motifs is 1. The summed E-state index contributed by atoms with van der Waals surface area (Å²) < 4.78 is 2.74. The van der Waals surface area contributed by atoms with Crippen LogP contribution in [0, 0.1) is 5.92 Å². The van der Waals surface area contributed by atoms with E-state index in [1.54, 1.807) is 4.52 Å². The zero-order valence-corrected chi connectivity index (χ0v) is 12.6. The van der Waals surface area contributed by atoms with Crippen LogP contribution in [0.25, 0.3) is 5.65 Å². The highest BCUT2D eigenvalue weighted by atomic mass is 79.9. The maximum Gasteiger partial charge on any atom is 0.243 e. The Labute approximate surface area is 116 Å². The summed E-state index contributed by atoms with van der Waals surface area (Å²) in [6, 6.07) is 4.30. The molecule has 2 heterocycles. The van der Waals surface area contributed by atoms with Crippen molar-refractivity contribution in [3.63, 3.8) is 0 Å². The molecule has 2 rings (SSSR count). The summed E-state index contributed by atoms with van der Waals surface area (Å²) in [6.07, 6.45) is 4.24. The lowest BCUT2D eigenvalue weighted by Gasteiger charge is -2.16. The second-order valence-corrected chi connectivity index (χ2v) is 5.71. The van der Waals surface area contributed by atoms with E-state index in [0.717, 1.165) is 22.5 Å². The monoisotopic (exact) mass is 310 g/mol. The molecule has 0 aliphatic heterocycles. The van der Waals surface area contributed by atoms with Gasteiger partial charge in [0.2, 0.25) is 5.95 Å². The van der Waals surface area contributed by atoms with Crippen LogP contribution in [0.5, 0.6) is 0 Å². The van der Waals surface area contributed by atoms with Gasteiger partial charge in [-0.25, -0.2) is 4.52 Å². The number of hydrogen-bond donors (Lipinski definition) is 1. The minimum atomic E-state index is 0.385. The van der Waals surface area contributed by atoms with Crippen molar-refractivity contribution in [2.75, 3.05) is 5.32 Å². The Hall–Kier alpha value is -1.10. The van der Waals surface area contributed by atoms with Gasteiger partial charge in [-0.2, -0.15) is 4.98 Å². The third-order valence-electron chi connectivity index (χ3n) is 3.14. The van der Waals surface area contributed by atoms with Crippen LogP contribution in [0.3, 0.4) is 0 Å². The second kappa shape index (κ2) is 5.69. The van der Waals surface area contributed by atoms with E-state index in [1.165, 1.54) is 6.42 Å². The molecule has 0 amide bonds. The van der Waals surface area contributed by atoms with Gasteiger partial charge < -0.3 is 5.32 Å². The van der Waals surface area contributed by atoms with Crippen LogP contribution in [0.2, 0.25) is 0 Å². The molecule has 2 aromatic rings. The van der Waals surface area contributed by atoms with E-state index >= 15 is 0 Å². The molecule has 0 spiro atoms. The summed E-state index contributed by atoms with van der Waals surface area (Å²) in [6.45, 7) is 6.66. The molecular formula is C13H19BrN4. The molecule has 18 heavy (non-hydrogen) atoms. The zero-order valence-electron chi connectivity index (χ0n) is 11.0. The fourth-order valence-electron chi connectivity index (χ4n) is 1.98. The standard InChI is InChI=1S/C13H19BrN4/c1-4-9(2)8-10(3)15-13-16-12-11(14)6-5-7-18(12)17-13/h5-7,9-10H,4,8H2,1-3H3,(H,15,17). The zero-order chi connectivity index (χ0) is 13.1. The molecular weight excluding hydrogens is 292 g/mol. The van der Waals surface area contributed by atoms with Crippen molar-refractivity contribution < 1.29 is 0 Å². The molecule has 5 heteroatoms. The minimum Gasteiger partial charge on any atom is -0.350 e. The van der Waals surface area contributed by atoms with Crippen molar-refractivity contribution in [3.05, 3.63) is 22.8 Å². The van der Waals surface area contributed by atoms with E-state index in [0.29, 0.717) is 12.0 Å². The van der Waals surface area contributed by atoms with Crippen molar-refractivity contribution >= 4 is 27.5 Å². The van der Waals surface area contributed by atoms with Gasteiger partial charge in [0, 0.05) is 12.2 Å². The summed E-state index contributed by atoms with van der Waals surface area (Å²) in [4.78, 5) is 4.48. The summed E-state index contributed by atoms with van der Waals surface area (Å²) in [7, 11) is 0. The fraction of sp³-hybridized carbons (Fsp3) is 0.538. The number of aromatic nitrogens is 3. The molecule has 0 aromatic carbocycles. The highest BCUT2D eigenvalue weighted by Crippen LogP contribution is 2.18. The van der Waals surface area contributed by atoms with E-state index in [1.807, 2.05) is 18.3 Å². The normalized spacial score (nSPS) is 14.7. The van der Waals surface area contributed by atoms with Crippen molar-refractivity contribution in [2.24, 2.45) is 5.92 Å². The molecule has 4 nitrogen and oxygen atoms in total. The van der Waals surface area contributed by atoms with Gasteiger partial charge in [-0.15, -0.1) is 5.10 Å². The van der Waals surface area contributed by atoms with Gasteiger partial charge in [-0.05, 0) is 47.3 Å². The van der Waals surface area contributed by atoms with Gasteiger partial charge in [0.1, 0.15) is 0 Å². The molecule has 0 bridgehead atoms. The molecule has 2 atom stereocenters. The average Bonchev–Trinajstić information content (AvgIpc) is 2.72. The Bertz CT molecular complexity index is 523. The van der Waals surface area contributed by atoms with E-state index in [-0.39, 0.29) is 0 Å². The third-order valence-corrected chi connectivity index (χ3v) is 3.76. The van der Waals surface area contributed by atoms with Crippen molar-refractivity contribution in [3.8, 4) is 0 Å². The predicted molar refractivity (Wildman–Crippen MR) is 77.8 cm³/mol. The molecule has 2 unspecified atom stereocenters. The Morgan fingerprint density at radius 2 is 2.22 bits per heavy atom. The molecule has 0 radical (unpaired) electrons. The van der Waals surface area contributed by atoms with E-state index < -0.39 is 0 Å². The molecule has 0 fully saturated rings. The summed E-state index contributed by atoms with van der Waals surface area (Å²) in [5.41, 5.74) is 0.843. The van der Waals surface area contributed by atoms with Crippen molar-refractivity contribution in [1.82, 2.24) is 14.6 Å². The lowest BCUT2D eigenvalue weighted by molar-refractivity contribution is 0.482. The Kier molecular flexibility index (Phi) is 4.22. The van der Waals surface area contributed by atoms with E-state index in [2.05, 4.69) is 52.1 Å². The number of nitrogens with zero attached hydrogens (tertiary/aromatic N) is 3. The first kappa shape index (κ1) is 13.3. The minimum absolute atomic E-state index is 0.385. The van der Waals surface area contributed by atoms with Crippen LogP contribution in [0.4, 0.5) is 5.95 Å². The summed E-state index contributed by atoms with van der Waals surface area (Å²) >= 11 is 3.48. The highest BCUT2D eigenvalue weighted by molar-refractivity contribution is 9.10. The van der Waals surface area contributed by atoms with Crippen LogP contribution in [-0.2, 0) is 0 Å². The van der Waals surface area contributed by atoms with Crippen molar-refractivity contribution in [1.29, 1.82) is 0 Å². The number of hydrogen-bond acceptors (Lipinski definition) is 3. The van der Waals surface area contributed by atoms with Crippen LogP contribution < -0.4 is 5.32 Å². The Morgan fingerprint density at radius 1 is 1.44 bits per heavy atom. The van der Waals surface area contributed by atoms with Gasteiger partial charge >= 0.3 is 0 Å². The Morgan fingerprint density at radius 3 is 2.89 bits per heavy atom. The highest BCUT2D eigenvalue weighted by Gasteiger charge is 2.11. The van der Waals surface area contributed by atoms with Gasteiger partial charge in [0.15, 0.2) is 5.65 Å². The molecule has 2 aromatic heterocycles. The molecule has 1 N–H and O–H groups in total. The second-order valence-electron chi connectivity index (χ2n) is 4.85. The number of pyridine rings is 1. The van der Waals surface area contributed by atoms with Gasteiger partial charge in [-0.1, -0.05) is 20.3 Å². The Balaban J connectivity index is 2.10. The SMILES string of the molecule is CCC(C)CC(C)Nc1nc2c(Br)cccn2n1. The van der Waals surface area contributed by atoms with Crippen LogP contribution in [0.15, 0.2) is 22.8 Å². The first-order chi connectivity index (χ1) is 8.60. The maximum atomic E-state index is 4.48. The van der Waals surface area contributed by atoms with Gasteiger partial charge in [-0.3, -0.25) is 0 Å². The first-order valence-corrected chi connectivity index (χ1v) is 7.17. The molecule has 0 aliphatic carbocycles. The summed E-state index contributed by atoms with van der Waals surface area (Å²) in [5.74, 6) is 1.41. The quantitative estimate of drug-likeness (QED) is 0.915. The smallest absolute Gasteiger partial charge is 0.243 e.